The number of phenolic OH excluding ortho intramolecular Hbond substituents is 1. The summed E-state index contributed by atoms with van der Waals surface area (Å²) in [6.45, 7) is 4.57. The SMILES string of the molecule is CCOC(=O)C1CCN(Cc2cc(-c3cncnc3)ccc2O)CC1. The molecule has 1 fully saturated rings. The van der Waals surface area contributed by atoms with Gasteiger partial charge in [0, 0.05) is 30.1 Å². The van der Waals surface area contributed by atoms with E-state index in [1.165, 1.54) is 6.33 Å². The van der Waals surface area contributed by atoms with Crippen molar-refractivity contribution in [3.63, 3.8) is 0 Å². The van der Waals surface area contributed by atoms with E-state index < -0.39 is 0 Å². The monoisotopic (exact) mass is 341 g/mol. The molecule has 2 aromatic rings. The maximum atomic E-state index is 11.8. The Morgan fingerprint density at radius 3 is 2.64 bits per heavy atom. The number of aromatic nitrogens is 2. The minimum atomic E-state index is -0.0870. The standard InChI is InChI=1S/C19H23N3O3/c1-2-25-19(24)14-5-7-22(8-6-14)12-16-9-15(3-4-18(16)23)17-10-20-13-21-11-17/h3-4,9-11,13-14,23H,2,5-8,12H2,1H3. The number of likely N-dealkylation sites (tertiary alicyclic amines) is 1. The van der Waals surface area contributed by atoms with Crippen LogP contribution in [0.4, 0.5) is 0 Å². The lowest BCUT2D eigenvalue weighted by molar-refractivity contribution is -0.149. The maximum Gasteiger partial charge on any atom is 0.309 e. The smallest absolute Gasteiger partial charge is 0.309 e. The number of esters is 1. The number of ether oxygens (including phenoxy) is 1. The Kier molecular flexibility index (Phi) is 5.60. The van der Waals surface area contributed by atoms with Crippen LogP contribution in [0.1, 0.15) is 25.3 Å². The van der Waals surface area contributed by atoms with Gasteiger partial charge in [-0.05, 0) is 50.6 Å². The second-order valence-electron chi connectivity index (χ2n) is 6.27. The predicted molar refractivity (Wildman–Crippen MR) is 93.8 cm³/mol. The van der Waals surface area contributed by atoms with Crippen LogP contribution in [0.15, 0.2) is 36.9 Å². The summed E-state index contributed by atoms with van der Waals surface area (Å²) in [6, 6.07) is 5.55. The fraction of sp³-hybridized carbons (Fsp3) is 0.421. The summed E-state index contributed by atoms with van der Waals surface area (Å²) in [5, 5.41) is 10.2. The Labute approximate surface area is 147 Å². The van der Waals surface area contributed by atoms with Gasteiger partial charge in [-0.25, -0.2) is 9.97 Å². The van der Waals surface area contributed by atoms with Gasteiger partial charge in [0.25, 0.3) is 0 Å². The zero-order chi connectivity index (χ0) is 17.6. The highest BCUT2D eigenvalue weighted by molar-refractivity contribution is 5.72. The number of aromatic hydroxyl groups is 1. The quantitative estimate of drug-likeness (QED) is 0.843. The number of benzene rings is 1. The highest BCUT2D eigenvalue weighted by atomic mass is 16.5. The number of piperidine rings is 1. The first kappa shape index (κ1) is 17.4. The molecule has 1 saturated heterocycles. The highest BCUT2D eigenvalue weighted by Crippen LogP contribution is 2.28. The summed E-state index contributed by atoms with van der Waals surface area (Å²) in [6.07, 6.45) is 6.61. The minimum Gasteiger partial charge on any atom is -0.508 e. The van der Waals surface area contributed by atoms with Crippen LogP contribution in [0, 0.1) is 5.92 Å². The molecule has 0 spiro atoms. The summed E-state index contributed by atoms with van der Waals surface area (Å²) >= 11 is 0. The normalized spacial score (nSPS) is 15.9. The van der Waals surface area contributed by atoms with Gasteiger partial charge in [0.1, 0.15) is 12.1 Å². The van der Waals surface area contributed by atoms with E-state index in [1.54, 1.807) is 18.5 Å². The summed E-state index contributed by atoms with van der Waals surface area (Å²) < 4.78 is 5.11. The summed E-state index contributed by atoms with van der Waals surface area (Å²) in [7, 11) is 0. The Balaban J connectivity index is 1.65. The number of nitrogens with zero attached hydrogens (tertiary/aromatic N) is 3. The first-order valence-corrected chi connectivity index (χ1v) is 8.63. The largest absolute Gasteiger partial charge is 0.508 e. The zero-order valence-corrected chi connectivity index (χ0v) is 14.4. The molecular formula is C19H23N3O3. The molecule has 0 aliphatic carbocycles. The van der Waals surface area contributed by atoms with Gasteiger partial charge in [-0.15, -0.1) is 0 Å². The third-order valence-electron chi connectivity index (χ3n) is 4.57. The van der Waals surface area contributed by atoms with Crippen LogP contribution < -0.4 is 0 Å². The first-order valence-electron chi connectivity index (χ1n) is 8.63. The van der Waals surface area contributed by atoms with Gasteiger partial charge in [0.15, 0.2) is 0 Å². The molecule has 0 unspecified atom stereocenters. The van der Waals surface area contributed by atoms with Crippen molar-refractivity contribution in [3.05, 3.63) is 42.5 Å². The number of carbonyl (C=O) groups excluding carboxylic acids is 1. The zero-order valence-electron chi connectivity index (χ0n) is 14.4. The maximum absolute atomic E-state index is 11.8. The van der Waals surface area contributed by atoms with Crippen LogP contribution >= 0.6 is 0 Å². The summed E-state index contributed by atoms with van der Waals surface area (Å²) in [4.78, 5) is 22.2. The molecule has 6 heteroatoms. The molecule has 6 nitrogen and oxygen atoms in total. The molecule has 0 bridgehead atoms. The van der Waals surface area contributed by atoms with Gasteiger partial charge in [-0.1, -0.05) is 6.07 Å². The summed E-state index contributed by atoms with van der Waals surface area (Å²) in [5.41, 5.74) is 2.77. The predicted octanol–water partition coefficient (Wildman–Crippen LogP) is 2.62. The molecule has 2 heterocycles. The lowest BCUT2D eigenvalue weighted by Crippen LogP contribution is -2.36. The van der Waals surface area contributed by atoms with Crippen LogP contribution in [-0.4, -0.2) is 45.6 Å². The molecule has 132 valence electrons. The van der Waals surface area contributed by atoms with Gasteiger partial charge in [0.2, 0.25) is 0 Å². The van der Waals surface area contributed by atoms with Crippen molar-refractivity contribution in [1.29, 1.82) is 0 Å². The van der Waals surface area contributed by atoms with Crippen LogP contribution in [0.25, 0.3) is 11.1 Å². The molecule has 0 amide bonds. The molecule has 1 aliphatic rings. The molecule has 1 aliphatic heterocycles. The molecule has 0 radical (unpaired) electrons. The molecule has 0 atom stereocenters. The van der Waals surface area contributed by atoms with Crippen molar-refractivity contribution < 1.29 is 14.6 Å². The lowest BCUT2D eigenvalue weighted by Gasteiger charge is -2.31. The summed E-state index contributed by atoms with van der Waals surface area (Å²) in [5.74, 6) is 0.196. The Bertz CT molecular complexity index is 713. The number of hydrogen-bond acceptors (Lipinski definition) is 6. The fourth-order valence-electron chi connectivity index (χ4n) is 3.17. The number of carbonyl (C=O) groups is 1. The van der Waals surface area contributed by atoms with E-state index in [1.807, 2.05) is 19.1 Å². The third kappa shape index (κ3) is 4.33. The Morgan fingerprint density at radius 2 is 1.96 bits per heavy atom. The van der Waals surface area contributed by atoms with Crippen LogP contribution in [0.5, 0.6) is 5.75 Å². The van der Waals surface area contributed by atoms with Crippen molar-refractivity contribution in [3.8, 4) is 16.9 Å². The van der Waals surface area contributed by atoms with Gasteiger partial charge in [0.05, 0.1) is 12.5 Å². The van der Waals surface area contributed by atoms with E-state index in [-0.39, 0.29) is 17.6 Å². The second kappa shape index (κ2) is 8.07. The minimum absolute atomic E-state index is 0.00222. The molecule has 0 saturated carbocycles. The molecule has 25 heavy (non-hydrogen) atoms. The molecule has 1 aromatic carbocycles. The van der Waals surface area contributed by atoms with E-state index in [0.29, 0.717) is 13.2 Å². The van der Waals surface area contributed by atoms with Gasteiger partial charge >= 0.3 is 5.97 Å². The highest BCUT2D eigenvalue weighted by Gasteiger charge is 2.26. The van der Waals surface area contributed by atoms with Crippen molar-refractivity contribution in [2.75, 3.05) is 19.7 Å². The van der Waals surface area contributed by atoms with Gasteiger partial charge in [-0.3, -0.25) is 9.69 Å². The number of rotatable bonds is 5. The van der Waals surface area contributed by atoms with E-state index in [4.69, 9.17) is 4.74 Å². The second-order valence-corrected chi connectivity index (χ2v) is 6.27. The van der Waals surface area contributed by atoms with Crippen molar-refractivity contribution in [2.45, 2.75) is 26.3 Å². The average molecular weight is 341 g/mol. The molecule has 3 rings (SSSR count). The fourth-order valence-corrected chi connectivity index (χ4v) is 3.17. The Morgan fingerprint density at radius 1 is 1.24 bits per heavy atom. The first-order chi connectivity index (χ1) is 12.2. The van der Waals surface area contributed by atoms with Gasteiger partial charge < -0.3 is 9.84 Å². The van der Waals surface area contributed by atoms with Gasteiger partial charge in [-0.2, -0.15) is 0 Å². The third-order valence-corrected chi connectivity index (χ3v) is 4.57. The van der Waals surface area contributed by atoms with E-state index in [2.05, 4.69) is 14.9 Å². The van der Waals surface area contributed by atoms with Crippen molar-refractivity contribution in [2.24, 2.45) is 5.92 Å². The van der Waals surface area contributed by atoms with E-state index in [0.717, 1.165) is 42.6 Å². The van der Waals surface area contributed by atoms with Crippen LogP contribution in [0.3, 0.4) is 0 Å². The molecular weight excluding hydrogens is 318 g/mol. The van der Waals surface area contributed by atoms with Crippen LogP contribution in [0.2, 0.25) is 0 Å². The molecule has 1 N–H and O–H groups in total. The number of phenols is 1. The van der Waals surface area contributed by atoms with Crippen molar-refractivity contribution in [1.82, 2.24) is 14.9 Å². The van der Waals surface area contributed by atoms with E-state index in [9.17, 15) is 9.90 Å². The van der Waals surface area contributed by atoms with Crippen molar-refractivity contribution >= 4 is 5.97 Å². The molecule has 1 aromatic heterocycles. The topological polar surface area (TPSA) is 75.5 Å². The van der Waals surface area contributed by atoms with Crippen LogP contribution in [-0.2, 0) is 16.1 Å². The number of hydrogen-bond donors (Lipinski definition) is 1. The Hall–Kier alpha value is -2.47. The van der Waals surface area contributed by atoms with E-state index >= 15 is 0 Å². The average Bonchev–Trinajstić information content (AvgIpc) is 2.65. The lowest BCUT2D eigenvalue weighted by atomic mass is 9.96.